The molecule has 0 bridgehead atoms. The molecule has 0 aliphatic rings. The minimum atomic E-state index is -0.448. The highest BCUT2D eigenvalue weighted by atomic mass is 35.5. The summed E-state index contributed by atoms with van der Waals surface area (Å²) in [5.74, 6) is 0.681. The molecular weight excluding hydrogens is 425 g/mol. The first-order valence-electron chi connectivity index (χ1n) is 10.2. The van der Waals surface area contributed by atoms with E-state index in [-0.39, 0.29) is 17.7 Å². The summed E-state index contributed by atoms with van der Waals surface area (Å²) in [4.78, 5) is 0. The minimum absolute atomic E-state index is 0.222. The minimum Gasteiger partial charge on any atom is -0.490 e. The van der Waals surface area contributed by atoms with Crippen LogP contribution in [-0.2, 0) is 13.0 Å². The number of hydrogen-bond donors (Lipinski definition) is 0. The Labute approximate surface area is 193 Å². The molecule has 0 aliphatic heterocycles. The summed E-state index contributed by atoms with van der Waals surface area (Å²) in [6, 6.07) is 19.5. The molecule has 0 spiro atoms. The zero-order chi connectivity index (χ0) is 22.9. The van der Waals surface area contributed by atoms with Crippen molar-refractivity contribution in [2.24, 2.45) is 0 Å². The number of ether oxygens (including phenoxy) is 2. The molecule has 0 saturated carbocycles. The summed E-state index contributed by atoms with van der Waals surface area (Å²) in [5, 5.41) is 10.3. The maximum atomic E-state index is 14.2. The van der Waals surface area contributed by atoms with Gasteiger partial charge in [0.25, 0.3) is 0 Å². The van der Waals surface area contributed by atoms with Crippen molar-refractivity contribution in [3.05, 3.63) is 106 Å². The van der Waals surface area contributed by atoms with E-state index in [9.17, 15) is 9.65 Å². The Balaban J connectivity index is 2.04. The lowest BCUT2D eigenvalue weighted by Gasteiger charge is -2.17. The maximum absolute atomic E-state index is 14.2. The van der Waals surface area contributed by atoms with Gasteiger partial charge in [0.05, 0.1) is 18.2 Å². The van der Waals surface area contributed by atoms with E-state index in [1.807, 2.05) is 37.3 Å². The normalized spacial score (nSPS) is 11.0. The largest absolute Gasteiger partial charge is 0.490 e. The molecule has 5 heteroatoms. The smallest absolute Gasteiger partial charge is 0.165 e. The first-order chi connectivity index (χ1) is 15.6. The average molecular weight is 448 g/mol. The van der Waals surface area contributed by atoms with E-state index >= 15 is 0 Å². The monoisotopic (exact) mass is 447 g/mol. The van der Waals surface area contributed by atoms with E-state index in [0.29, 0.717) is 35.1 Å². The van der Waals surface area contributed by atoms with Crippen LogP contribution < -0.4 is 9.47 Å². The molecule has 0 amide bonds. The van der Waals surface area contributed by atoms with Crippen LogP contribution in [0.2, 0.25) is 5.02 Å². The van der Waals surface area contributed by atoms with Gasteiger partial charge in [0.15, 0.2) is 11.5 Å². The van der Waals surface area contributed by atoms with E-state index in [1.165, 1.54) is 6.07 Å². The van der Waals surface area contributed by atoms with E-state index in [0.717, 1.165) is 11.1 Å². The summed E-state index contributed by atoms with van der Waals surface area (Å²) in [6.07, 6.45) is 3.94. The van der Waals surface area contributed by atoms with E-state index in [4.69, 9.17) is 21.1 Å². The Morgan fingerprint density at radius 1 is 1.09 bits per heavy atom. The van der Waals surface area contributed by atoms with Crippen LogP contribution in [0, 0.1) is 17.1 Å². The van der Waals surface area contributed by atoms with Crippen LogP contribution in [0.15, 0.2) is 73.3 Å². The van der Waals surface area contributed by atoms with Crippen LogP contribution in [0.4, 0.5) is 4.39 Å². The first-order valence-corrected chi connectivity index (χ1v) is 10.6. The third kappa shape index (κ3) is 5.57. The van der Waals surface area contributed by atoms with Crippen LogP contribution in [-0.4, -0.2) is 6.61 Å². The van der Waals surface area contributed by atoms with Gasteiger partial charge in [-0.2, -0.15) is 5.26 Å². The topological polar surface area (TPSA) is 42.2 Å². The van der Waals surface area contributed by atoms with Crippen LogP contribution in [0.25, 0.3) is 11.6 Å². The van der Waals surface area contributed by atoms with Gasteiger partial charge in [-0.15, -0.1) is 6.58 Å². The molecule has 3 aromatic carbocycles. The highest BCUT2D eigenvalue weighted by molar-refractivity contribution is 6.31. The standard InChI is InChI=1S/C27H23ClFNO2/c1-3-9-20-14-19(15-22(17-30)23-11-6-8-13-25(23)29)16-26(31-4-2)27(20)32-18-21-10-5-7-12-24(21)28/h3,5-8,10-16H,1,4,9,18H2,2H3/b22-15-. The molecule has 3 aromatic rings. The Morgan fingerprint density at radius 3 is 2.53 bits per heavy atom. The molecule has 0 radical (unpaired) electrons. The van der Waals surface area contributed by atoms with Gasteiger partial charge < -0.3 is 9.47 Å². The van der Waals surface area contributed by atoms with Crippen LogP contribution in [0.1, 0.15) is 29.2 Å². The fourth-order valence-corrected chi connectivity index (χ4v) is 3.47. The Bertz CT molecular complexity index is 1180. The number of nitriles is 1. The first kappa shape index (κ1) is 23.1. The van der Waals surface area contributed by atoms with E-state index in [2.05, 4.69) is 12.6 Å². The van der Waals surface area contributed by atoms with Crippen molar-refractivity contribution in [3.8, 4) is 17.6 Å². The van der Waals surface area contributed by atoms with Crippen LogP contribution in [0.3, 0.4) is 0 Å². The second kappa shape index (κ2) is 11.2. The van der Waals surface area contributed by atoms with Crippen molar-refractivity contribution in [1.82, 2.24) is 0 Å². The summed E-state index contributed by atoms with van der Waals surface area (Å²) in [7, 11) is 0. The van der Waals surface area contributed by atoms with Gasteiger partial charge in [-0.3, -0.25) is 0 Å². The summed E-state index contributed by atoms with van der Waals surface area (Å²) in [5.41, 5.74) is 2.87. The Kier molecular flexibility index (Phi) is 8.08. The average Bonchev–Trinajstić information content (AvgIpc) is 2.79. The van der Waals surface area contributed by atoms with Crippen molar-refractivity contribution in [2.75, 3.05) is 6.61 Å². The second-order valence-corrected chi connectivity index (χ2v) is 7.37. The number of halogens is 2. The third-order valence-electron chi connectivity index (χ3n) is 4.74. The molecule has 0 heterocycles. The fraction of sp³-hybridized carbons (Fsp3) is 0.148. The lowest BCUT2D eigenvalue weighted by molar-refractivity contribution is 0.267. The molecule has 32 heavy (non-hydrogen) atoms. The molecule has 0 aliphatic carbocycles. The fourth-order valence-electron chi connectivity index (χ4n) is 3.28. The highest BCUT2D eigenvalue weighted by Gasteiger charge is 2.15. The zero-order valence-electron chi connectivity index (χ0n) is 17.8. The molecule has 0 fully saturated rings. The highest BCUT2D eigenvalue weighted by Crippen LogP contribution is 2.36. The number of nitrogens with zero attached hydrogens (tertiary/aromatic N) is 1. The third-order valence-corrected chi connectivity index (χ3v) is 5.11. The quantitative estimate of drug-likeness (QED) is 0.197. The van der Waals surface area contributed by atoms with Gasteiger partial charge in [-0.05, 0) is 49.2 Å². The van der Waals surface area contributed by atoms with Crippen molar-refractivity contribution in [1.29, 1.82) is 5.26 Å². The van der Waals surface area contributed by atoms with Crippen molar-refractivity contribution >= 4 is 23.3 Å². The van der Waals surface area contributed by atoms with Crippen molar-refractivity contribution in [2.45, 2.75) is 20.0 Å². The van der Waals surface area contributed by atoms with E-state index in [1.54, 1.807) is 36.4 Å². The summed E-state index contributed by atoms with van der Waals surface area (Å²) < 4.78 is 26.2. The van der Waals surface area contributed by atoms with Crippen molar-refractivity contribution in [3.63, 3.8) is 0 Å². The number of rotatable bonds is 9. The molecule has 0 saturated heterocycles. The number of allylic oxidation sites excluding steroid dienone is 2. The second-order valence-electron chi connectivity index (χ2n) is 6.96. The van der Waals surface area contributed by atoms with Crippen LogP contribution >= 0.6 is 11.6 Å². The van der Waals surface area contributed by atoms with Gasteiger partial charge in [-0.1, -0.05) is 54.1 Å². The number of hydrogen-bond acceptors (Lipinski definition) is 3. The van der Waals surface area contributed by atoms with E-state index < -0.39 is 5.82 Å². The lowest BCUT2D eigenvalue weighted by atomic mass is 10.0. The molecule has 0 N–H and O–H groups in total. The Hall–Kier alpha value is -3.55. The van der Waals surface area contributed by atoms with Gasteiger partial charge >= 0.3 is 0 Å². The molecule has 0 unspecified atom stereocenters. The predicted octanol–water partition coefficient (Wildman–Crippen LogP) is 7.25. The molecular formula is C27H23ClFNO2. The zero-order valence-corrected chi connectivity index (χ0v) is 18.5. The summed E-state index contributed by atoms with van der Waals surface area (Å²) in [6.45, 7) is 6.43. The molecule has 0 atom stereocenters. The number of benzene rings is 3. The molecule has 0 aromatic heterocycles. The molecule has 162 valence electrons. The summed E-state index contributed by atoms with van der Waals surface area (Å²) >= 11 is 6.27. The van der Waals surface area contributed by atoms with Gasteiger partial charge in [0, 0.05) is 21.7 Å². The van der Waals surface area contributed by atoms with Crippen LogP contribution in [0.5, 0.6) is 11.5 Å². The maximum Gasteiger partial charge on any atom is 0.165 e. The van der Waals surface area contributed by atoms with Gasteiger partial charge in [0.1, 0.15) is 12.4 Å². The predicted molar refractivity (Wildman–Crippen MR) is 127 cm³/mol. The lowest BCUT2D eigenvalue weighted by Crippen LogP contribution is -2.04. The molecule has 3 rings (SSSR count). The Morgan fingerprint density at radius 2 is 1.84 bits per heavy atom. The van der Waals surface area contributed by atoms with Gasteiger partial charge in [0.2, 0.25) is 0 Å². The molecule has 3 nitrogen and oxygen atoms in total. The van der Waals surface area contributed by atoms with Crippen molar-refractivity contribution < 1.29 is 13.9 Å². The SMILES string of the molecule is C=CCc1cc(/C=C(/C#N)c2ccccc2F)cc(OCC)c1OCc1ccccc1Cl. The van der Waals surface area contributed by atoms with Gasteiger partial charge in [-0.25, -0.2) is 4.39 Å².